The van der Waals surface area contributed by atoms with Gasteiger partial charge in [0.25, 0.3) is 0 Å². The summed E-state index contributed by atoms with van der Waals surface area (Å²) in [5.74, 6) is 0.123. The minimum Gasteiger partial charge on any atom is -0.351 e. The fourth-order valence-electron chi connectivity index (χ4n) is 2.54. The molecular weight excluding hydrogens is 250 g/mol. The van der Waals surface area contributed by atoms with Gasteiger partial charge in [0.15, 0.2) is 0 Å². The Balaban J connectivity index is 1.65. The van der Waals surface area contributed by atoms with Gasteiger partial charge in [-0.25, -0.2) is 0 Å². The summed E-state index contributed by atoms with van der Waals surface area (Å²) in [6.45, 7) is 8.69. The van der Waals surface area contributed by atoms with Crippen molar-refractivity contribution in [1.82, 2.24) is 15.1 Å². The molecule has 1 aromatic carbocycles. The van der Waals surface area contributed by atoms with E-state index in [0.29, 0.717) is 13.1 Å². The van der Waals surface area contributed by atoms with E-state index < -0.39 is 0 Å². The lowest BCUT2D eigenvalue weighted by molar-refractivity contribution is -0.122. The number of hydrogen-bond acceptors (Lipinski definition) is 3. The molecule has 0 bridgehead atoms. The zero-order valence-corrected chi connectivity index (χ0v) is 12.3. The van der Waals surface area contributed by atoms with Crippen molar-refractivity contribution in [1.29, 1.82) is 0 Å². The van der Waals surface area contributed by atoms with E-state index in [2.05, 4.69) is 22.0 Å². The number of nitrogens with zero attached hydrogens (tertiary/aromatic N) is 2. The molecule has 1 amide bonds. The Morgan fingerprint density at radius 3 is 2.40 bits per heavy atom. The Morgan fingerprint density at radius 2 is 1.75 bits per heavy atom. The summed E-state index contributed by atoms with van der Waals surface area (Å²) in [6.07, 6.45) is 1.21. The van der Waals surface area contributed by atoms with Gasteiger partial charge >= 0.3 is 0 Å². The standard InChI is InChI=1S/C16H25N3O/c1-2-8-18-9-11-19(12-10-18)14-16(20)17-13-15-6-4-3-5-7-15/h3-7H,2,8-14H2,1H3,(H,17,20). The number of benzene rings is 1. The summed E-state index contributed by atoms with van der Waals surface area (Å²) in [4.78, 5) is 16.6. The summed E-state index contributed by atoms with van der Waals surface area (Å²) in [7, 11) is 0. The molecular formula is C16H25N3O. The molecule has 1 aliphatic rings. The molecule has 1 aromatic rings. The second-order valence-corrected chi connectivity index (χ2v) is 5.38. The van der Waals surface area contributed by atoms with Gasteiger partial charge in [-0.3, -0.25) is 9.69 Å². The molecule has 4 nitrogen and oxygen atoms in total. The van der Waals surface area contributed by atoms with Crippen LogP contribution in [-0.2, 0) is 11.3 Å². The molecule has 0 spiro atoms. The number of amides is 1. The molecule has 0 aromatic heterocycles. The van der Waals surface area contributed by atoms with Gasteiger partial charge in [0.05, 0.1) is 6.54 Å². The van der Waals surface area contributed by atoms with Crippen molar-refractivity contribution in [3.05, 3.63) is 35.9 Å². The van der Waals surface area contributed by atoms with Gasteiger partial charge < -0.3 is 10.2 Å². The van der Waals surface area contributed by atoms with E-state index in [0.717, 1.165) is 31.7 Å². The Morgan fingerprint density at radius 1 is 1.10 bits per heavy atom. The van der Waals surface area contributed by atoms with E-state index in [1.807, 2.05) is 30.3 Å². The highest BCUT2D eigenvalue weighted by molar-refractivity contribution is 5.78. The first-order valence-electron chi connectivity index (χ1n) is 7.53. The molecule has 1 heterocycles. The molecule has 1 N–H and O–H groups in total. The van der Waals surface area contributed by atoms with Gasteiger partial charge in [0.2, 0.25) is 5.91 Å². The Hall–Kier alpha value is -1.39. The first-order chi connectivity index (χ1) is 9.78. The lowest BCUT2D eigenvalue weighted by Crippen LogP contribution is -2.49. The van der Waals surface area contributed by atoms with Gasteiger partial charge in [0, 0.05) is 32.7 Å². The van der Waals surface area contributed by atoms with Gasteiger partial charge in [-0.15, -0.1) is 0 Å². The average molecular weight is 275 g/mol. The molecule has 2 rings (SSSR count). The van der Waals surface area contributed by atoms with E-state index in [1.165, 1.54) is 13.0 Å². The molecule has 0 radical (unpaired) electrons. The van der Waals surface area contributed by atoms with E-state index in [-0.39, 0.29) is 5.91 Å². The summed E-state index contributed by atoms with van der Waals surface area (Å²) in [5.41, 5.74) is 1.15. The molecule has 0 aliphatic carbocycles. The number of nitrogens with one attached hydrogen (secondary N) is 1. The van der Waals surface area contributed by atoms with Crippen LogP contribution in [0.3, 0.4) is 0 Å². The maximum atomic E-state index is 11.9. The second-order valence-electron chi connectivity index (χ2n) is 5.38. The molecule has 1 aliphatic heterocycles. The maximum Gasteiger partial charge on any atom is 0.234 e. The van der Waals surface area contributed by atoms with Crippen LogP contribution in [0.15, 0.2) is 30.3 Å². The minimum atomic E-state index is 0.123. The Bertz CT molecular complexity index is 399. The van der Waals surface area contributed by atoms with Gasteiger partial charge in [0.1, 0.15) is 0 Å². The van der Waals surface area contributed by atoms with Crippen LogP contribution in [-0.4, -0.2) is 55.0 Å². The van der Waals surface area contributed by atoms with Crippen molar-refractivity contribution in [3.63, 3.8) is 0 Å². The molecule has 0 unspecified atom stereocenters. The first kappa shape index (κ1) is 15.0. The van der Waals surface area contributed by atoms with Crippen LogP contribution < -0.4 is 5.32 Å². The van der Waals surface area contributed by atoms with E-state index in [4.69, 9.17) is 0 Å². The normalized spacial score (nSPS) is 17.1. The Labute approximate surface area is 121 Å². The quantitative estimate of drug-likeness (QED) is 0.851. The molecule has 110 valence electrons. The third kappa shape index (κ3) is 4.94. The third-order valence-electron chi connectivity index (χ3n) is 3.70. The van der Waals surface area contributed by atoms with Crippen molar-refractivity contribution in [2.24, 2.45) is 0 Å². The summed E-state index contributed by atoms with van der Waals surface area (Å²) in [6, 6.07) is 10.0. The van der Waals surface area contributed by atoms with Crippen LogP contribution in [0.25, 0.3) is 0 Å². The largest absolute Gasteiger partial charge is 0.351 e. The lowest BCUT2D eigenvalue weighted by Gasteiger charge is -2.34. The van der Waals surface area contributed by atoms with Crippen LogP contribution in [0.2, 0.25) is 0 Å². The van der Waals surface area contributed by atoms with Crippen LogP contribution in [0, 0.1) is 0 Å². The summed E-state index contributed by atoms with van der Waals surface area (Å²) < 4.78 is 0. The topological polar surface area (TPSA) is 35.6 Å². The van der Waals surface area contributed by atoms with E-state index in [9.17, 15) is 4.79 Å². The van der Waals surface area contributed by atoms with Crippen molar-refractivity contribution in [2.75, 3.05) is 39.3 Å². The average Bonchev–Trinajstić information content (AvgIpc) is 2.49. The van der Waals surface area contributed by atoms with Crippen molar-refractivity contribution < 1.29 is 4.79 Å². The van der Waals surface area contributed by atoms with Gasteiger partial charge in [-0.05, 0) is 18.5 Å². The SMILES string of the molecule is CCCN1CCN(CC(=O)NCc2ccccc2)CC1. The second kappa shape index (κ2) is 8.02. The Kier molecular flexibility index (Phi) is 6.02. The highest BCUT2D eigenvalue weighted by atomic mass is 16.2. The number of hydrogen-bond donors (Lipinski definition) is 1. The predicted octanol–water partition coefficient (Wildman–Crippen LogP) is 1.33. The van der Waals surface area contributed by atoms with Crippen LogP contribution in [0.4, 0.5) is 0 Å². The van der Waals surface area contributed by atoms with Crippen molar-refractivity contribution in [2.45, 2.75) is 19.9 Å². The fraction of sp³-hybridized carbons (Fsp3) is 0.562. The van der Waals surface area contributed by atoms with E-state index in [1.54, 1.807) is 0 Å². The van der Waals surface area contributed by atoms with Crippen LogP contribution in [0.5, 0.6) is 0 Å². The number of piperazine rings is 1. The van der Waals surface area contributed by atoms with E-state index >= 15 is 0 Å². The maximum absolute atomic E-state index is 11.9. The highest BCUT2D eigenvalue weighted by Crippen LogP contribution is 2.02. The van der Waals surface area contributed by atoms with Gasteiger partial charge in [-0.2, -0.15) is 0 Å². The summed E-state index contributed by atoms with van der Waals surface area (Å²) in [5, 5.41) is 2.99. The van der Waals surface area contributed by atoms with Crippen LogP contribution >= 0.6 is 0 Å². The first-order valence-corrected chi connectivity index (χ1v) is 7.53. The zero-order chi connectivity index (χ0) is 14.2. The number of carbonyl (C=O) groups is 1. The van der Waals surface area contributed by atoms with Crippen LogP contribution in [0.1, 0.15) is 18.9 Å². The molecule has 0 atom stereocenters. The smallest absolute Gasteiger partial charge is 0.234 e. The number of carbonyl (C=O) groups excluding carboxylic acids is 1. The third-order valence-corrected chi connectivity index (χ3v) is 3.70. The zero-order valence-electron chi connectivity index (χ0n) is 12.3. The fourth-order valence-corrected chi connectivity index (χ4v) is 2.54. The van der Waals surface area contributed by atoms with Crippen molar-refractivity contribution >= 4 is 5.91 Å². The highest BCUT2D eigenvalue weighted by Gasteiger charge is 2.17. The molecule has 4 heteroatoms. The number of rotatable bonds is 6. The van der Waals surface area contributed by atoms with Crippen molar-refractivity contribution in [3.8, 4) is 0 Å². The lowest BCUT2D eigenvalue weighted by atomic mass is 10.2. The molecule has 1 fully saturated rings. The molecule has 0 saturated carbocycles. The molecule has 20 heavy (non-hydrogen) atoms. The predicted molar refractivity (Wildman–Crippen MR) is 81.5 cm³/mol. The minimum absolute atomic E-state index is 0.123. The monoisotopic (exact) mass is 275 g/mol. The summed E-state index contributed by atoms with van der Waals surface area (Å²) >= 11 is 0. The molecule has 1 saturated heterocycles. The van der Waals surface area contributed by atoms with Gasteiger partial charge in [-0.1, -0.05) is 37.3 Å².